The molecule has 56 valence electrons. The Kier molecular flexibility index (Phi) is 2.12. The maximum Gasteiger partial charge on any atom is 0.292 e. The molecule has 2 nitrogen and oxygen atoms in total. The van der Waals surface area contributed by atoms with Gasteiger partial charge in [0.25, 0.3) is 6.26 Å². The van der Waals surface area contributed by atoms with Gasteiger partial charge >= 0.3 is 0 Å². The Morgan fingerprint density at radius 3 is 2.73 bits per heavy atom. The molecule has 0 aliphatic carbocycles. The Morgan fingerprint density at radius 1 is 1.36 bits per heavy atom. The van der Waals surface area contributed by atoms with Gasteiger partial charge in [-0.3, -0.25) is 0 Å². The molecule has 0 N–H and O–H groups in total. The smallest absolute Gasteiger partial charge is 0.292 e. The molecule has 1 rings (SSSR count). The summed E-state index contributed by atoms with van der Waals surface area (Å²) in [5.41, 5.74) is 2.16. The highest BCUT2D eigenvalue weighted by atomic mass is 16.5. The van der Waals surface area contributed by atoms with E-state index >= 15 is 0 Å². The van der Waals surface area contributed by atoms with Crippen molar-refractivity contribution in [1.29, 1.82) is 5.26 Å². The van der Waals surface area contributed by atoms with Crippen LogP contribution in [0.2, 0.25) is 0 Å². The zero-order valence-corrected chi connectivity index (χ0v) is 6.59. The van der Waals surface area contributed by atoms with Gasteiger partial charge in [-0.05, 0) is 31.0 Å². The van der Waals surface area contributed by atoms with Gasteiger partial charge in [0, 0.05) is 0 Å². The maximum absolute atomic E-state index is 8.26. The molecule has 0 atom stereocenters. The molecule has 0 saturated heterocycles. The van der Waals surface area contributed by atoms with Gasteiger partial charge in [-0.15, -0.1) is 5.26 Å². The van der Waals surface area contributed by atoms with Crippen molar-refractivity contribution in [3.8, 4) is 12.0 Å². The monoisotopic (exact) mass is 147 g/mol. The number of hydrogen-bond donors (Lipinski definition) is 0. The van der Waals surface area contributed by atoms with Crippen molar-refractivity contribution in [1.82, 2.24) is 0 Å². The van der Waals surface area contributed by atoms with Crippen molar-refractivity contribution in [2.24, 2.45) is 0 Å². The molecule has 2 heteroatoms. The highest BCUT2D eigenvalue weighted by Crippen LogP contribution is 2.19. The topological polar surface area (TPSA) is 33.0 Å². The molecule has 0 fully saturated rings. The first kappa shape index (κ1) is 7.62. The van der Waals surface area contributed by atoms with Crippen molar-refractivity contribution in [2.75, 3.05) is 0 Å². The van der Waals surface area contributed by atoms with Gasteiger partial charge < -0.3 is 4.74 Å². The SMILES string of the molecule is Cc1cccc(OC#N)c1C. The molecule has 0 radical (unpaired) electrons. The van der Waals surface area contributed by atoms with Gasteiger partial charge in [0.1, 0.15) is 5.75 Å². The molecule has 0 unspecified atom stereocenters. The Labute approximate surface area is 66.0 Å². The molecule has 0 spiro atoms. The maximum atomic E-state index is 8.26. The van der Waals surface area contributed by atoms with E-state index in [1.807, 2.05) is 26.0 Å². The van der Waals surface area contributed by atoms with Gasteiger partial charge in [-0.2, -0.15) is 0 Å². The molecule has 0 heterocycles. The van der Waals surface area contributed by atoms with E-state index in [-0.39, 0.29) is 0 Å². The number of rotatable bonds is 1. The number of nitriles is 1. The number of hydrogen-bond acceptors (Lipinski definition) is 2. The van der Waals surface area contributed by atoms with E-state index in [0.717, 1.165) is 11.1 Å². The van der Waals surface area contributed by atoms with Crippen LogP contribution in [0.1, 0.15) is 11.1 Å². The van der Waals surface area contributed by atoms with Gasteiger partial charge in [0.2, 0.25) is 0 Å². The standard InChI is InChI=1S/C9H9NO/c1-7-4-3-5-9(8(7)2)11-6-10/h3-5H,1-2H3. The summed E-state index contributed by atoms with van der Waals surface area (Å²) in [6, 6.07) is 5.64. The Balaban J connectivity index is 3.08. The lowest BCUT2D eigenvalue weighted by molar-refractivity contribution is 0.502. The number of aryl methyl sites for hydroxylation is 1. The second-order valence-corrected chi connectivity index (χ2v) is 2.39. The fraction of sp³-hybridized carbons (Fsp3) is 0.222. The van der Waals surface area contributed by atoms with E-state index in [4.69, 9.17) is 10.00 Å². The number of benzene rings is 1. The summed E-state index contributed by atoms with van der Waals surface area (Å²) in [6.45, 7) is 3.92. The third-order valence-electron chi connectivity index (χ3n) is 1.71. The van der Waals surface area contributed by atoms with Crippen LogP contribution in [0.15, 0.2) is 18.2 Å². The predicted molar refractivity (Wildman–Crippen MR) is 42.2 cm³/mol. The molecular weight excluding hydrogens is 138 g/mol. The summed E-state index contributed by atoms with van der Waals surface area (Å²) in [5, 5.41) is 8.26. The zero-order chi connectivity index (χ0) is 8.27. The third kappa shape index (κ3) is 1.50. The summed E-state index contributed by atoms with van der Waals surface area (Å²) in [6.07, 6.45) is 1.65. The molecule has 0 saturated carbocycles. The molecular formula is C9H9NO. The Bertz CT molecular complexity index is 299. The third-order valence-corrected chi connectivity index (χ3v) is 1.71. The summed E-state index contributed by atoms with van der Waals surface area (Å²) in [4.78, 5) is 0. The quantitative estimate of drug-likeness (QED) is 0.570. The number of ether oxygens (including phenoxy) is 1. The Morgan fingerprint density at radius 2 is 2.09 bits per heavy atom. The summed E-state index contributed by atoms with van der Waals surface area (Å²) in [7, 11) is 0. The molecule has 1 aromatic rings. The van der Waals surface area contributed by atoms with Crippen LogP contribution in [0.5, 0.6) is 5.75 Å². The van der Waals surface area contributed by atoms with E-state index < -0.39 is 0 Å². The zero-order valence-electron chi connectivity index (χ0n) is 6.59. The number of nitrogens with zero attached hydrogens (tertiary/aromatic N) is 1. The molecule has 0 amide bonds. The molecule has 0 bridgehead atoms. The van der Waals surface area contributed by atoms with E-state index in [1.54, 1.807) is 12.3 Å². The van der Waals surface area contributed by atoms with Crippen molar-refractivity contribution in [3.05, 3.63) is 29.3 Å². The molecule has 0 aliphatic rings. The van der Waals surface area contributed by atoms with Crippen LogP contribution >= 0.6 is 0 Å². The van der Waals surface area contributed by atoms with Crippen molar-refractivity contribution >= 4 is 0 Å². The summed E-state index contributed by atoms with van der Waals surface area (Å²) >= 11 is 0. The van der Waals surface area contributed by atoms with Crippen molar-refractivity contribution in [2.45, 2.75) is 13.8 Å². The highest BCUT2D eigenvalue weighted by molar-refractivity contribution is 5.38. The second-order valence-electron chi connectivity index (χ2n) is 2.39. The predicted octanol–water partition coefficient (Wildman–Crippen LogP) is 2.16. The summed E-state index contributed by atoms with van der Waals surface area (Å²) < 4.78 is 4.72. The first-order valence-corrected chi connectivity index (χ1v) is 3.38. The van der Waals surface area contributed by atoms with Crippen molar-refractivity contribution < 1.29 is 4.74 Å². The minimum absolute atomic E-state index is 0.646. The average Bonchev–Trinajstić information content (AvgIpc) is 1.99. The fourth-order valence-corrected chi connectivity index (χ4v) is 0.884. The first-order chi connectivity index (χ1) is 5.25. The van der Waals surface area contributed by atoms with E-state index in [0.29, 0.717) is 5.75 Å². The van der Waals surface area contributed by atoms with Gasteiger partial charge in [0.05, 0.1) is 0 Å². The van der Waals surface area contributed by atoms with Crippen LogP contribution in [0, 0.1) is 25.4 Å². The summed E-state index contributed by atoms with van der Waals surface area (Å²) in [5.74, 6) is 0.646. The second kappa shape index (κ2) is 3.07. The van der Waals surface area contributed by atoms with Crippen molar-refractivity contribution in [3.63, 3.8) is 0 Å². The van der Waals surface area contributed by atoms with Crippen LogP contribution in [-0.4, -0.2) is 0 Å². The van der Waals surface area contributed by atoms with Crippen LogP contribution < -0.4 is 4.74 Å². The highest BCUT2D eigenvalue weighted by Gasteiger charge is 1.99. The first-order valence-electron chi connectivity index (χ1n) is 3.38. The average molecular weight is 147 g/mol. The lowest BCUT2D eigenvalue weighted by Gasteiger charge is -2.02. The Hall–Kier alpha value is -1.49. The van der Waals surface area contributed by atoms with E-state index in [9.17, 15) is 0 Å². The normalized spacial score (nSPS) is 8.82. The van der Waals surface area contributed by atoms with Crippen LogP contribution in [-0.2, 0) is 0 Å². The van der Waals surface area contributed by atoms with E-state index in [1.165, 1.54) is 0 Å². The molecule has 0 aromatic heterocycles. The fourth-order valence-electron chi connectivity index (χ4n) is 0.884. The van der Waals surface area contributed by atoms with E-state index in [2.05, 4.69) is 0 Å². The van der Waals surface area contributed by atoms with Gasteiger partial charge in [-0.25, -0.2) is 0 Å². The molecule has 1 aromatic carbocycles. The minimum Gasteiger partial charge on any atom is -0.388 e. The lowest BCUT2D eigenvalue weighted by atomic mass is 10.1. The van der Waals surface area contributed by atoms with Gasteiger partial charge in [0.15, 0.2) is 0 Å². The minimum atomic E-state index is 0.646. The molecule has 11 heavy (non-hydrogen) atoms. The molecule has 0 aliphatic heterocycles. The van der Waals surface area contributed by atoms with Gasteiger partial charge in [-0.1, -0.05) is 12.1 Å². The lowest BCUT2D eigenvalue weighted by Crippen LogP contribution is -1.87. The van der Waals surface area contributed by atoms with Crippen LogP contribution in [0.3, 0.4) is 0 Å². The largest absolute Gasteiger partial charge is 0.388 e. The van der Waals surface area contributed by atoms with Crippen LogP contribution in [0.25, 0.3) is 0 Å². The van der Waals surface area contributed by atoms with Crippen LogP contribution in [0.4, 0.5) is 0 Å².